The van der Waals surface area contributed by atoms with Crippen LogP contribution < -0.4 is 5.32 Å². The van der Waals surface area contributed by atoms with E-state index < -0.39 is 5.60 Å². The molecular weight excluding hydrogens is 281 g/mol. The molecule has 1 atom stereocenters. The van der Waals surface area contributed by atoms with Crippen LogP contribution in [0.4, 0.5) is 4.39 Å². The van der Waals surface area contributed by atoms with Crippen molar-refractivity contribution in [3.05, 3.63) is 71.0 Å². The average Bonchev–Trinajstić information content (AvgIpc) is 2.86. The van der Waals surface area contributed by atoms with Crippen molar-refractivity contribution >= 4 is 5.91 Å². The summed E-state index contributed by atoms with van der Waals surface area (Å²) in [5, 5.41) is 13.5. The summed E-state index contributed by atoms with van der Waals surface area (Å²) in [5.41, 5.74) is 1.79. The second-order valence-electron chi connectivity index (χ2n) is 5.77. The molecule has 1 aliphatic rings. The van der Waals surface area contributed by atoms with Crippen molar-refractivity contribution < 1.29 is 14.3 Å². The van der Waals surface area contributed by atoms with Crippen molar-refractivity contribution in [3.8, 4) is 0 Å². The Morgan fingerprint density at radius 1 is 1.18 bits per heavy atom. The largest absolute Gasteiger partial charge is 0.383 e. The lowest BCUT2D eigenvalue weighted by molar-refractivity contribution is -0.121. The maximum atomic E-state index is 12.8. The van der Waals surface area contributed by atoms with Gasteiger partial charge in [0.25, 0.3) is 0 Å². The summed E-state index contributed by atoms with van der Waals surface area (Å²) < 4.78 is 12.8. The first-order valence-corrected chi connectivity index (χ1v) is 7.39. The Kier molecular flexibility index (Phi) is 3.94. The summed E-state index contributed by atoms with van der Waals surface area (Å²) in [6.45, 7) is 0.198. The molecule has 2 aromatic carbocycles. The van der Waals surface area contributed by atoms with Crippen LogP contribution in [0.2, 0.25) is 0 Å². The predicted molar refractivity (Wildman–Crippen MR) is 81.8 cm³/mol. The fraction of sp³-hybridized carbons (Fsp3) is 0.278. The number of aliphatic hydroxyl groups is 1. The molecule has 22 heavy (non-hydrogen) atoms. The average molecular weight is 299 g/mol. The fourth-order valence-electron chi connectivity index (χ4n) is 2.95. The van der Waals surface area contributed by atoms with E-state index in [1.54, 1.807) is 12.1 Å². The van der Waals surface area contributed by atoms with E-state index in [1.807, 2.05) is 24.3 Å². The molecule has 0 spiro atoms. The third kappa shape index (κ3) is 3.02. The lowest BCUT2D eigenvalue weighted by Crippen LogP contribution is -2.39. The van der Waals surface area contributed by atoms with Gasteiger partial charge in [-0.25, -0.2) is 4.39 Å². The first-order chi connectivity index (χ1) is 10.6. The Hall–Kier alpha value is -2.20. The summed E-state index contributed by atoms with van der Waals surface area (Å²) in [7, 11) is 0. The fourth-order valence-corrected chi connectivity index (χ4v) is 2.95. The third-order valence-corrected chi connectivity index (χ3v) is 4.18. The lowest BCUT2D eigenvalue weighted by atomic mass is 9.96. The quantitative estimate of drug-likeness (QED) is 0.910. The molecule has 0 unspecified atom stereocenters. The minimum atomic E-state index is -0.991. The second-order valence-corrected chi connectivity index (χ2v) is 5.77. The number of fused-ring (bicyclic) bond motifs is 1. The van der Waals surface area contributed by atoms with E-state index in [-0.39, 0.29) is 24.7 Å². The van der Waals surface area contributed by atoms with Crippen LogP contribution >= 0.6 is 0 Å². The highest BCUT2D eigenvalue weighted by molar-refractivity contribution is 5.78. The zero-order valence-electron chi connectivity index (χ0n) is 12.2. The molecule has 1 amide bonds. The monoisotopic (exact) mass is 299 g/mol. The van der Waals surface area contributed by atoms with E-state index in [0.717, 1.165) is 23.1 Å². The number of benzene rings is 2. The SMILES string of the molecule is O=C(Cc1ccc(F)cc1)NC[C@]1(O)CCc2ccccc21. The second kappa shape index (κ2) is 5.89. The smallest absolute Gasteiger partial charge is 0.224 e. The van der Waals surface area contributed by atoms with Crippen LogP contribution in [0, 0.1) is 5.82 Å². The van der Waals surface area contributed by atoms with Gasteiger partial charge < -0.3 is 10.4 Å². The molecule has 0 radical (unpaired) electrons. The van der Waals surface area contributed by atoms with Gasteiger partial charge in [0, 0.05) is 0 Å². The van der Waals surface area contributed by atoms with Crippen LogP contribution in [0.3, 0.4) is 0 Å². The first kappa shape index (κ1) is 14.7. The minimum absolute atomic E-state index is 0.176. The van der Waals surface area contributed by atoms with Crippen molar-refractivity contribution in [2.45, 2.75) is 24.9 Å². The Labute approximate surface area is 128 Å². The van der Waals surface area contributed by atoms with Gasteiger partial charge in [-0.1, -0.05) is 36.4 Å². The van der Waals surface area contributed by atoms with Crippen molar-refractivity contribution in [2.24, 2.45) is 0 Å². The van der Waals surface area contributed by atoms with Gasteiger partial charge in [0.05, 0.1) is 13.0 Å². The number of carbonyl (C=O) groups is 1. The Morgan fingerprint density at radius 3 is 2.68 bits per heavy atom. The van der Waals surface area contributed by atoms with E-state index in [9.17, 15) is 14.3 Å². The summed E-state index contributed by atoms with van der Waals surface area (Å²) in [6.07, 6.45) is 1.61. The molecule has 2 N–H and O–H groups in total. The molecule has 0 saturated carbocycles. The van der Waals surface area contributed by atoms with E-state index in [1.165, 1.54) is 12.1 Å². The van der Waals surface area contributed by atoms with Gasteiger partial charge in [-0.3, -0.25) is 4.79 Å². The van der Waals surface area contributed by atoms with E-state index >= 15 is 0 Å². The van der Waals surface area contributed by atoms with E-state index in [0.29, 0.717) is 6.42 Å². The first-order valence-electron chi connectivity index (χ1n) is 7.39. The molecule has 4 heteroatoms. The molecule has 3 rings (SSSR count). The van der Waals surface area contributed by atoms with E-state index in [2.05, 4.69) is 5.32 Å². The summed E-state index contributed by atoms with van der Waals surface area (Å²) >= 11 is 0. The summed E-state index contributed by atoms with van der Waals surface area (Å²) in [4.78, 5) is 12.0. The predicted octanol–water partition coefficient (Wildman–Crippen LogP) is 2.32. The molecule has 3 nitrogen and oxygen atoms in total. The van der Waals surface area contributed by atoms with Gasteiger partial charge in [-0.2, -0.15) is 0 Å². The standard InChI is InChI=1S/C18H18FNO2/c19-15-7-5-13(6-8-15)11-17(21)20-12-18(22)10-9-14-3-1-2-4-16(14)18/h1-8,22H,9-12H2,(H,20,21)/t18-/m1/s1. The number of nitrogens with one attached hydrogen (secondary N) is 1. The zero-order valence-corrected chi connectivity index (χ0v) is 12.2. The zero-order chi connectivity index (χ0) is 15.6. The van der Waals surface area contributed by atoms with Gasteiger partial charge in [0.1, 0.15) is 11.4 Å². The van der Waals surface area contributed by atoms with Gasteiger partial charge >= 0.3 is 0 Å². The highest BCUT2D eigenvalue weighted by atomic mass is 19.1. The van der Waals surface area contributed by atoms with Crippen LogP contribution in [0.25, 0.3) is 0 Å². The molecule has 114 valence electrons. The number of hydrogen-bond donors (Lipinski definition) is 2. The number of aryl methyl sites for hydroxylation is 1. The molecule has 0 fully saturated rings. The van der Waals surface area contributed by atoms with Crippen LogP contribution in [0.5, 0.6) is 0 Å². The highest BCUT2D eigenvalue weighted by Crippen LogP contribution is 2.36. The molecule has 0 saturated heterocycles. The van der Waals surface area contributed by atoms with Gasteiger partial charge in [-0.05, 0) is 41.7 Å². The molecule has 2 aromatic rings. The Balaban J connectivity index is 1.61. The summed E-state index contributed by atoms with van der Waals surface area (Å²) in [6, 6.07) is 13.6. The Morgan fingerprint density at radius 2 is 1.91 bits per heavy atom. The maximum Gasteiger partial charge on any atom is 0.224 e. The van der Waals surface area contributed by atoms with Crippen LogP contribution in [0.15, 0.2) is 48.5 Å². The minimum Gasteiger partial charge on any atom is -0.383 e. The third-order valence-electron chi connectivity index (χ3n) is 4.18. The highest BCUT2D eigenvalue weighted by Gasteiger charge is 2.36. The summed E-state index contributed by atoms with van der Waals surface area (Å²) in [5.74, 6) is -0.495. The Bertz CT molecular complexity index is 684. The molecular formula is C18H18FNO2. The van der Waals surface area contributed by atoms with Gasteiger partial charge in [0.2, 0.25) is 5.91 Å². The molecule has 0 bridgehead atoms. The number of rotatable bonds is 4. The van der Waals surface area contributed by atoms with Crippen molar-refractivity contribution in [1.29, 1.82) is 0 Å². The molecule has 0 aliphatic heterocycles. The van der Waals surface area contributed by atoms with Crippen molar-refractivity contribution in [1.82, 2.24) is 5.32 Å². The van der Waals surface area contributed by atoms with Crippen LogP contribution in [0.1, 0.15) is 23.1 Å². The number of carbonyl (C=O) groups excluding carboxylic acids is 1. The van der Waals surface area contributed by atoms with E-state index in [4.69, 9.17) is 0 Å². The van der Waals surface area contributed by atoms with Crippen molar-refractivity contribution in [3.63, 3.8) is 0 Å². The van der Waals surface area contributed by atoms with Gasteiger partial charge in [-0.15, -0.1) is 0 Å². The van der Waals surface area contributed by atoms with Crippen LogP contribution in [-0.2, 0) is 23.2 Å². The number of halogens is 1. The topological polar surface area (TPSA) is 49.3 Å². The molecule has 1 aliphatic carbocycles. The van der Waals surface area contributed by atoms with Gasteiger partial charge in [0.15, 0.2) is 0 Å². The number of amides is 1. The molecule has 0 heterocycles. The number of hydrogen-bond acceptors (Lipinski definition) is 2. The normalized spacial score (nSPS) is 19.7. The maximum absolute atomic E-state index is 12.8. The lowest BCUT2D eigenvalue weighted by Gasteiger charge is -2.24. The van der Waals surface area contributed by atoms with Crippen molar-refractivity contribution in [2.75, 3.05) is 6.54 Å². The molecule has 0 aromatic heterocycles. The van der Waals surface area contributed by atoms with Crippen LogP contribution in [-0.4, -0.2) is 17.6 Å².